The van der Waals surface area contributed by atoms with Crippen molar-refractivity contribution in [2.45, 2.75) is 13.0 Å². The molecule has 2 aromatic carbocycles. The molecule has 3 aromatic rings. The monoisotopic (exact) mass is 383 g/mol. The molecule has 3 rings (SSSR count). The molecule has 3 nitrogen and oxygen atoms in total. The Morgan fingerprint density at radius 3 is 2.42 bits per heavy atom. The molecular weight excluding hydrogens is 366 g/mol. The van der Waals surface area contributed by atoms with Crippen molar-refractivity contribution < 1.29 is 9.21 Å². The van der Waals surface area contributed by atoms with Gasteiger partial charge in [0.05, 0.1) is 18.4 Å². The second kappa shape index (κ2) is 7.97. The lowest BCUT2D eigenvalue weighted by Crippen LogP contribution is -2.32. The Hall–Kier alpha value is -2.33. The predicted octanol–water partition coefficient (Wildman–Crippen LogP) is 4.93. The Bertz CT molecular complexity index is 784. The van der Waals surface area contributed by atoms with E-state index in [2.05, 4.69) is 28.1 Å². The molecule has 0 saturated heterocycles. The highest BCUT2D eigenvalue weighted by Gasteiger charge is 2.19. The van der Waals surface area contributed by atoms with E-state index >= 15 is 0 Å². The Kier molecular flexibility index (Phi) is 5.49. The molecule has 1 heterocycles. The van der Waals surface area contributed by atoms with Gasteiger partial charge in [-0.2, -0.15) is 0 Å². The van der Waals surface area contributed by atoms with Crippen molar-refractivity contribution in [1.29, 1.82) is 0 Å². The molecule has 122 valence electrons. The van der Waals surface area contributed by atoms with Crippen molar-refractivity contribution in [3.05, 3.63) is 94.4 Å². The Morgan fingerprint density at radius 1 is 0.958 bits per heavy atom. The minimum atomic E-state index is -0.00481. The van der Waals surface area contributed by atoms with Crippen molar-refractivity contribution in [3.8, 4) is 0 Å². The molecule has 0 spiro atoms. The van der Waals surface area contributed by atoms with Crippen LogP contribution in [0, 0.1) is 0 Å². The molecule has 0 atom stereocenters. The molecule has 0 unspecified atom stereocenters. The summed E-state index contributed by atoms with van der Waals surface area (Å²) in [5.74, 6) is 0.776. The van der Waals surface area contributed by atoms with Crippen molar-refractivity contribution in [1.82, 2.24) is 4.90 Å². The molecule has 0 fully saturated rings. The maximum Gasteiger partial charge on any atom is 0.255 e. The van der Waals surface area contributed by atoms with Crippen LogP contribution in [0.2, 0.25) is 0 Å². The van der Waals surface area contributed by atoms with Crippen LogP contribution in [0.1, 0.15) is 21.7 Å². The van der Waals surface area contributed by atoms with Crippen LogP contribution in [0.4, 0.5) is 0 Å². The quantitative estimate of drug-likeness (QED) is 0.604. The summed E-state index contributed by atoms with van der Waals surface area (Å²) in [4.78, 5) is 14.8. The largest absolute Gasteiger partial charge is 0.467 e. The zero-order chi connectivity index (χ0) is 16.8. The maximum absolute atomic E-state index is 13.0. The van der Waals surface area contributed by atoms with E-state index in [0.717, 1.165) is 16.7 Å². The summed E-state index contributed by atoms with van der Waals surface area (Å²) in [5.41, 5.74) is 1.87. The van der Waals surface area contributed by atoms with Crippen molar-refractivity contribution in [3.63, 3.8) is 0 Å². The van der Waals surface area contributed by atoms with Crippen LogP contribution in [-0.2, 0) is 13.0 Å². The van der Waals surface area contributed by atoms with Gasteiger partial charge < -0.3 is 9.32 Å². The molecule has 4 heteroatoms. The third-order valence-electron chi connectivity index (χ3n) is 3.83. The summed E-state index contributed by atoms with van der Waals surface area (Å²) < 4.78 is 6.23. The number of carbonyl (C=O) groups excluding carboxylic acids is 1. The summed E-state index contributed by atoms with van der Waals surface area (Å²) in [6, 6.07) is 21.4. The van der Waals surface area contributed by atoms with E-state index in [9.17, 15) is 4.79 Å². The molecule has 0 bridgehead atoms. The third-order valence-corrected chi connectivity index (χ3v) is 4.52. The van der Waals surface area contributed by atoms with Gasteiger partial charge in [0.25, 0.3) is 5.91 Å². The average molecular weight is 384 g/mol. The minimum Gasteiger partial charge on any atom is -0.467 e. The predicted molar refractivity (Wildman–Crippen MR) is 97.7 cm³/mol. The minimum absolute atomic E-state index is 0.00481. The van der Waals surface area contributed by atoms with E-state index in [0.29, 0.717) is 18.7 Å². The maximum atomic E-state index is 13.0. The lowest BCUT2D eigenvalue weighted by Gasteiger charge is -2.22. The molecular formula is C20H18BrNO2. The van der Waals surface area contributed by atoms with Gasteiger partial charge in [0.15, 0.2) is 0 Å². The van der Waals surface area contributed by atoms with Gasteiger partial charge in [-0.15, -0.1) is 0 Å². The molecule has 0 aliphatic rings. The number of hydrogen-bond donors (Lipinski definition) is 0. The number of rotatable bonds is 6. The second-order valence-electron chi connectivity index (χ2n) is 5.52. The first kappa shape index (κ1) is 16.5. The standard InChI is InChI=1S/C20H18BrNO2/c21-19-11-5-4-10-18(19)20(23)22(15-17-9-6-14-24-17)13-12-16-7-2-1-3-8-16/h1-11,14H,12-13,15H2. The molecule has 0 radical (unpaired) electrons. The van der Waals surface area contributed by atoms with Gasteiger partial charge in [-0.1, -0.05) is 42.5 Å². The van der Waals surface area contributed by atoms with E-state index in [4.69, 9.17) is 4.42 Å². The van der Waals surface area contributed by atoms with Gasteiger partial charge in [-0.25, -0.2) is 0 Å². The number of hydrogen-bond acceptors (Lipinski definition) is 2. The van der Waals surface area contributed by atoms with Crippen LogP contribution in [0.15, 0.2) is 81.9 Å². The summed E-state index contributed by atoms with van der Waals surface area (Å²) in [7, 11) is 0. The van der Waals surface area contributed by atoms with E-state index in [1.807, 2.05) is 59.5 Å². The van der Waals surface area contributed by atoms with Gasteiger partial charge in [0.1, 0.15) is 5.76 Å². The fourth-order valence-corrected chi connectivity index (χ4v) is 3.01. The second-order valence-corrected chi connectivity index (χ2v) is 6.38. The Morgan fingerprint density at radius 2 is 1.71 bits per heavy atom. The summed E-state index contributed by atoms with van der Waals surface area (Å²) >= 11 is 3.47. The Labute approximate surface area is 150 Å². The van der Waals surface area contributed by atoms with Crippen molar-refractivity contribution >= 4 is 21.8 Å². The molecule has 1 amide bonds. The summed E-state index contributed by atoms with van der Waals surface area (Å²) in [6.45, 7) is 1.09. The fourth-order valence-electron chi connectivity index (χ4n) is 2.56. The van der Waals surface area contributed by atoms with Crippen LogP contribution in [0.25, 0.3) is 0 Å². The molecule has 0 aliphatic heterocycles. The van der Waals surface area contributed by atoms with Gasteiger partial charge in [0.2, 0.25) is 0 Å². The first-order valence-corrected chi connectivity index (χ1v) is 8.63. The molecule has 0 aliphatic carbocycles. The van der Waals surface area contributed by atoms with Gasteiger partial charge >= 0.3 is 0 Å². The van der Waals surface area contributed by atoms with Gasteiger partial charge in [-0.05, 0) is 52.2 Å². The van der Waals surface area contributed by atoms with E-state index in [1.165, 1.54) is 5.56 Å². The zero-order valence-electron chi connectivity index (χ0n) is 13.2. The van der Waals surface area contributed by atoms with Crippen molar-refractivity contribution in [2.75, 3.05) is 6.54 Å². The molecule has 0 N–H and O–H groups in total. The highest BCUT2D eigenvalue weighted by atomic mass is 79.9. The van der Waals surface area contributed by atoms with Crippen LogP contribution < -0.4 is 0 Å². The first-order chi connectivity index (χ1) is 11.7. The van der Waals surface area contributed by atoms with Crippen molar-refractivity contribution in [2.24, 2.45) is 0 Å². The molecule has 1 aromatic heterocycles. The van der Waals surface area contributed by atoms with Crippen LogP contribution >= 0.6 is 15.9 Å². The average Bonchev–Trinajstić information content (AvgIpc) is 3.12. The SMILES string of the molecule is O=C(c1ccccc1Br)N(CCc1ccccc1)Cc1ccco1. The van der Waals surface area contributed by atoms with Crippen LogP contribution in [-0.4, -0.2) is 17.4 Å². The normalized spacial score (nSPS) is 10.5. The summed E-state index contributed by atoms with van der Waals surface area (Å²) in [5, 5.41) is 0. The highest BCUT2D eigenvalue weighted by Crippen LogP contribution is 2.19. The van der Waals surface area contributed by atoms with E-state index < -0.39 is 0 Å². The first-order valence-electron chi connectivity index (χ1n) is 7.84. The lowest BCUT2D eigenvalue weighted by atomic mass is 10.1. The number of furan rings is 1. The number of carbonyl (C=O) groups is 1. The Balaban J connectivity index is 1.79. The number of halogens is 1. The number of benzene rings is 2. The highest BCUT2D eigenvalue weighted by molar-refractivity contribution is 9.10. The lowest BCUT2D eigenvalue weighted by molar-refractivity contribution is 0.0732. The van der Waals surface area contributed by atoms with E-state index in [-0.39, 0.29) is 5.91 Å². The number of amides is 1. The third kappa shape index (κ3) is 4.15. The topological polar surface area (TPSA) is 33.5 Å². The van der Waals surface area contributed by atoms with E-state index in [1.54, 1.807) is 6.26 Å². The summed E-state index contributed by atoms with van der Waals surface area (Å²) in [6.07, 6.45) is 2.44. The fraction of sp³-hybridized carbons (Fsp3) is 0.150. The molecule has 24 heavy (non-hydrogen) atoms. The van der Waals surface area contributed by atoms with Gasteiger partial charge in [-0.3, -0.25) is 4.79 Å². The zero-order valence-corrected chi connectivity index (χ0v) is 14.8. The van der Waals surface area contributed by atoms with Crippen LogP contribution in [0.3, 0.4) is 0 Å². The smallest absolute Gasteiger partial charge is 0.255 e. The molecule has 0 saturated carbocycles. The van der Waals surface area contributed by atoms with Gasteiger partial charge in [0, 0.05) is 11.0 Å². The number of nitrogens with zero attached hydrogens (tertiary/aromatic N) is 1. The van der Waals surface area contributed by atoms with Crippen LogP contribution in [0.5, 0.6) is 0 Å².